The fourth-order valence-electron chi connectivity index (χ4n) is 8.89. The fraction of sp³-hybridized carbons (Fsp3) is 0.190. The standard InChI is InChI=1S/2C20H16N.2CH3.2ClH.H2Si.Zr/c2*1-2-14-10-15-7-5-8-18(19(15)11-14)17-12-16-6-3-4-9-20(16)21-13-17;;;;;;/h2*3-13H,2H2,1H3;2*1H3;2*1H;1H2;. The minimum Gasteiger partial charge on any atom is -0.147 e. The smallest absolute Gasteiger partial charge is 0.147 e. The molecule has 48 heavy (non-hydrogen) atoms. The van der Waals surface area contributed by atoms with Gasteiger partial charge in [0.05, 0.1) is 0 Å². The van der Waals surface area contributed by atoms with Crippen LogP contribution in [0.3, 0.4) is 0 Å². The number of allylic oxidation sites excluding steroid dienone is 2. The van der Waals surface area contributed by atoms with Gasteiger partial charge in [0.1, 0.15) is 0 Å². The Bertz CT molecular complexity index is 2190. The van der Waals surface area contributed by atoms with E-state index in [1.54, 1.807) is 11.1 Å². The monoisotopic (exact) mass is 762 g/mol. The maximum Gasteiger partial charge on any atom is -0.147 e. The van der Waals surface area contributed by atoms with E-state index >= 15 is 0 Å². The molecule has 2 unspecified atom stereocenters. The normalized spacial score (nSPS) is 16.9. The van der Waals surface area contributed by atoms with Crippen molar-refractivity contribution in [2.24, 2.45) is 0 Å². The van der Waals surface area contributed by atoms with E-state index in [0.29, 0.717) is 7.25 Å². The van der Waals surface area contributed by atoms with Crippen molar-refractivity contribution < 1.29 is 17.4 Å². The van der Waals surface area contributed by atoms with Crippen molar-refractivity contribution in [3.05, 3.63) is 143 Å². The molecule has 242 valence electrons. The third kappa shape index (κ3) is 5.50. The Hall–Kier alpha value is -3.14. The van der Waals surface area contributed by atoms with Crippen LogP contribution in [-0.2, 0) is 17.4 Å². The van der Waals surface area contributed by atoms with Gasteiger partial charge in [0.25, 0.3) is 0 Å². The van der Waals surface area contributed by atoms with E-state index in [1.807, 2.05) is 0 Å². The first-order valence-electron chi connectivity index (χ1n) is 16.7. The van der Waals surface area contributed by atoms with Gasteiger partial charge in [-0.15, -0.1) is 24.8 Å². The predicted molar refractivity (Wildman–Crippen MR) is 211 cm³/mol. The number of hydrogen-bond acceptors (Lipinski definition) is 2. The van der Waals surface area contributed by atoms with Crippen LogP contribution in [0.2, 0.25) is 9.26 Å². The molecule has 0 amide bonds. The summed E-state index contributed by atoms with van der Waals surface area (Å²) in [5.41, 5.74) is 16.2. The average Bonchev–Trinajstić information content (AvgIpc) is 3.68. The molecule has 0 spiro atoms. The Labute approximate surface area is 299 Å². The maximum atomic E-state index is 4.84. The van der Waals surface area contributed by atoms with Gasteiger partial charge in [0, 0.05) is 0 Å². The van der Waals surface area contributed by atoms with Crippen molar-refractivity contribution in [1.29, 1.82) is 0 Å². The minimum absolute atomic E-state index is 0. The van der Waals surface area contributed by atoms with Crippen LogP contribution in [0.5, 0.6) is 0 Å². The molecule has 4 aromatic carbocycles. The molecule has 6 heteroatoms. The van der Waals surface area contributed by atoms with E-state index in [0.717, 1.165) is 23.9 Å². The Morgan fingerprint density at radius 3 is 1.42 bits per heavy atom. The van der Waals surface area contributed by atoms with E-state index in [1.165, 1.54) is 55.3 Å². The first-order valence-corrected chi connectivity index (χ1v) is 30.4. The van der Waals surface area contributed by atoms with Crippen molar-refractivity contribution in [1.82, 2.24) is 9.97 Å². The number of fused-ring (bicyclic) bond motifs is 4. The molecule has 0 saturated carbocycles. The van der Waals surface area contributed by atoms with Gasteiger partial charge in [-0.2, -0.15) is 0 Å². The van der Waals surface area contributed by atoms with Crippen molar-refractivity contribution in [2.75, 3.05) is 0 Å². The third-order valence-corrected chi connectivity index (χ3v) is 28.3. The van der Waals surface area contributed by atoms with Crippen LogP contribution in [0.1, 0.15) is 56.2 Å². The van der Waals surface area contributed by atoms with Crippen LogP contribution in [0.25, 0.3) is 56.2 Å². The predicted octanol–water partition coefficient (Wildman–Crippen LogP) is 11.7. The number of rotatable bonds is 6. The number of nitrogens with zero attached hydrogens (tertiary/aromatic N) is 2. The molecule has 0 bridgehead atoms. The van der Waals surface area contributed by atoms with E-state index in [4.69, 9.17) is 9.97 Å². The molecule has 2 aliphatic rings. The number of benzene rings is 4. The molecule has 2 aliphatic carbocycles. The van der Waals surface area contributed by atoms with E-state index < -0.39 is 17.4 Å². The van der Waals surface area contributed by atoms with Gasteiger partial charge in [0.15, 0.2) is 0 Å². The SMILES string of the molecule is CCC1=Cc2c(-c3cnc4ccccc4c3)cccc2[CH]1[Zr]([CH3])([CH3])(=[SiH2])[CH]1C(CC)=Cc2c(-c3cnc4ccccc4c3)cccc21.Cl.Cl. The summed E-state index contributed by atoms with van der Waals surface area (Å²) in [6, 6.07) is 35.6. The maximum absolute atomic E-state index is 4.84. The number of halogens is 2. The summed E-state index contributed by atoms with van der Waals surface area (Å²) in [5, 5.41) is 2.38. The molecular weight excluding hydrogens is 723 g/mol. The molecule has 0 fully saturated rings. The summed E-state index contributed by atoms with van der Waals surface area (Å²) in [4.78, 5) is 9.69. The summed E-state index contributed by atoms with van der Waals surface area (Å²) in [6.45, 7) is 7.16. The number of aromatic nitrogens is 2. The van der Waals surface area contributed by atoms with Crippen molar-refractivity contribution in [3.8, 4) is 22.3 Å². The largest absolute Gasteiger partial charge is 0.147 e. The summed E-state index contributed by atoms with van der Waals surface area (Å²) in [5.74, 6) is 0. The Morgan fingerprint density at radius 1 is 0.583 bits per heavy atom. The van der Waals surface area contributed by atoms with Crippen LogP contribution < -0.4 is 0 Å². The van der Waals surface area contributed by atoms with Gasteiger partial charge in [-0.1, -0.05) is 0 Å². The van der Waals surface area contributed by atoms with Gasteiger partial charge in [-0.3, -0.25) is 0 Å². The van der Waals surface area contributed by atoms with Gasteiger partial charge in [-0.25, -0.2) is 0 Å². The van der Waals surface area contributed by atoms with Gasteiger partial charge >= 0.3 is 277 Å². The quantitative estimate of drug-likeness (QED) is 0.158. The second kappa shape index (κ2) is 13.0. The second-order valence-corrected chi connectivity index (χ2v) is 44.9. The van der Waals surface area contributed by atoms with Gasteiger partial charge in [0.2, 0.25) is 0 Å². The zero-order chi connectivity index (χ0) is 31.7. The number of pyridine rings is 2. The Morgan fingerprint density at radius 2 is 1.00 bits per heavy atom. The van der Waals surface area contributed by atoms with Crippen LogP contribution in [0.4, 0.5) is 0 Å². The Kier molecular flexibility index (Phi) is 9.37. The van der Waals surface area contributed by atoms with Crippen molar-refractivity contribution >= 4 is 65.7 Å². The molecule has 6 aromatic rings. The van der Waals surface area contributed by atoms with Crippen LogP contribution >= 0.6 is 24.8 Å². The van der Waals surface area contributed by atoms with E-state index in [2.05, 4.69) is 152 Å². The zero-order valence-electron chi connectivity index (χ0n) is 28.0. The molecule has 2 atom stereocenters. The zero-order valence-corrected chi connectivity index (χ0v) is 33.5. The third-order valence-electron chi connectivity index (χ3n) is 10.8. The molecule has 2 nitrogen and oxygen atoms in total. The molecule has 0 N–H and O–H groups in total. The topological polar surface area (TPSA) is 25.8 Å². The number of hydrogen-bond donors (Lipinski definition) is 0. The van der Waals surface area contributed by atoms with Gasteiger partial charge < -0.3 is 0 Å². The second-order valence-electron chi connectivity index (χ2n) is 14.4. The molecule has 2 aromatic heterocycles. The van der Waals surface area contributed by atoms with E-state index in [9.17, 15) is 0 Å². The fourth-order valence-corrected chi connectivity index (χ4v) is 29.1. The van der Waals surface area contributed by atoms with Crippen LogP contribution in [0.15, 0.2) is 121 Å². The molecule has 0 radical (unpaired) electrons. The van der Waals surface area contributed by atoms with Gasteiger partial charge in [-0.05, 0) is 0 Å². The Balaban J connectivity index is 0.00000201. The van der Waals surface area contributed by atoms with Crippen LogP contribution in [0, 0.1) is 0 Å². The van der Waals surface area contributed by atoms with Crippen molar-refractivity contribution in [3.63, 3.8) is 0 Å². The summed E-state index contributed by atoms with van der Waals surface area (Å²) < 4.78 is 6.48. The van der Waals surface area contributed by atoms with E-state index in [-0.39, 0.29) is 24.8 Å². The van der Waals surface area contributed by atoms with Crippen molar-refractivity contribution in [2.45, 2.75) is 43.2 Å². The van der Waals surface area contributed by atoms with Crippen LogP contribution in [-0.4, -0.2) is 16.8 Å². The molecule has 2 heterocycles. The molecule has 0 saturated heterocycles. The molecular formula is C42H42Cl2N2SiZr. The average molecular weight is 765 g/mol. The first kappa shape index (κ1) is 34.7. The molecule has 8 rings (SSSR count). The number of para-hydroxylation sites is 2. The summed E-state index contributed by atoms with van der Waals surface area (Å²) in [7, 11) is 0. The summed E-state index contributed by atoms with van der Waals surface area (Å²) >= 11 is -3.70. The minimum atomic E-state index is -3.70. The first-order chi connectivity index (χ1) is 22.3. The summed E-state index contributed by atoms with van der Waals surface area (Å²) in [6.07, 6.45) is 11.4. The molecule has 0 aliphatic heterocycles.